The Bertz CT molecular complexity index is 810. The van der Waals surface area contributed by atoms with E-state index in [1.54, 1.807) is 36.4 Å². The first-order valence-electron chi connectivity index (χ1n) is 6.82. The van der Waals surface area contributed by atoms with Crippen LogP contribution in [0.5, 0.6) is 0 Å². The summed E-state index contributed by atoms with van der Waals surface area (Å²) < 4.78 is 0. The van der Waals surface area contributed by atoms with Crippen LogP contribution in [0.2, 0.25) is 0 Å². The molecule has 0 bridgehead atoms. The minimum atomic E-state index is -1.03. The molecule has 3 rings (SSSR count). The Morgan fingerprint density at radius 2 is 1.65 bits per heavy atom. The highest BCUT2D eigenvalue weighted by molar-refractivity contribution is 6.31. The van der Waals surface area contributed by atoms with Gasteiger partial charge >= 0.3 is 5.97 Å². The highest BCUT2D eigenvalue weighted by atomic mass is 16.4. The van der Waals surface area contributed by atoms with Crippen molar-refractivity contribution >= 4 is 29.5 Å². The second kappa shape index (κ2) is 5.76. The van der Waals surface area contributed by atoms with Crippen LogP contribution in [0.3, 0.4) is 0 Å². The second-order valence-electron chi connectivity index (χ2n) is 4.90. The molecule has 2 aromatic carbocycles. The highest BCUT2D eigenvalue weighted by Crippen LogP contribution is 2.21. The fourth-order valence-corrected chi connectivity index (χ4v) is 2.20. The predicted octanol–water partition coefficient (Wildman–Crippen LogP) is 1.85. The Kier molecular flexibility index (Phi) is 3.64. The van der Waals surface area contributed by atoms with E-state index in [9.17, 15) is 14.4 Å². The Hall–Kier alpha value is -3.41. The molecule has 23 heavy (non-hydrogen) atoms. The number of amides is 2. The van der Waals surface area contributed by atoms with Crippen LogP contribution < -0.4 is 10.4 Å². The van der Waals surface area contributed by atoms with Crippen LogP contribution in [0.15, 0.2) is 60.2 Å². The summed E-state index contributed by atoms with van der Waals surface area (Å²) in [5.74, 6) is -1.99. The van der Waals surface area contributed by atoms with Crippen LogP contribution in [-0.4, -0.2) is 22.9 Å². The first-order chi connectivity index (χ1) is 11.1. The number of hydrogen-bond donors (Lipinski definition) is 2. The quantitative estimate of drug-likeness (QED) is 0.669. The molecule has 0 spiro atoms. The minimum absolute atomic E-state index is 0.00284. The van der Waals surface area contributed by atoms with Crippen molar-refractivity contribution in [3.63, 3.8) is 0 Å². The summed E-state index contributed by atoms with van der Waals surface area (Å²) in [6, 6.07) is 14.7. The molecule has 0 radical (unpaired) electrons. The molecule has 1 aliphatic heterocycles. The number of benzene rings is 2. The van der Waals surface area contributed by atoms with Crippen LogP contribution >= 0.6 is 0 Å². The molecule has 114 valence electrons. The maximum absolute atomic E-state index is 12.4. The standard InChI is InChI=1S/C17H12N2O4/c20-15-14(10-11-6-8-12(9-7-11)17(22)23)16(21)19(18-15)13-4-2-1-3-5-13/h1-10H,(H,18,20)(H,22,23). The maximum atomic E-state index is 12.4. The van der Waals surface area contributed by atoms with Crippen molar-refractivity contribution in [2.75, 3.05) is 5.01 Å². The molecule has 1 aliphatic rings. The van der Waals surface area contributed by atoms with Gasteiger partial charge in [-0.2, -0.15) is 0 Å². The molecule has 6 nitrogen and oxygen atoms in total. The van der Waals surface area contributed by atoms with Crippen LogP contribution in [0.1, 0.15) is 15.9 Å². The minimum Gasteiger partial charge on any atom is -0.478 e. The summed E-state index contributed by atoms with van der Waals surface area (Å²) in [5, 5.41) is 10.0. The Labute approximate surface area is 131 Å². The number of carbonyl (C=O) groups is 3. The molecule has 2 amide bonds. The molecule has 0 atom stereocenters. The van der Waals surface area contributed by atoms with E-state index in [-0.39, 0.29) is 11.1 Å². The topological polar surface area (TPSA) is 86.7 Å². The van der Waals surface area contributed by atoms with Crippen molar-refractivity contribution in [3.8, 4) is 0 Å². The van der Waals surface area contributed by atoms with Gasteiger partial charge in [-0.1, -0.05) is 30.3 Å². The number of carbonyl (C=O) groups excluding carboxylic acids is 2. The third-order valence-corrected chi connectivity index (χ3v) is 3.37. The van der Waals surface area contributed by atoms with Crippen LogP contribution in [0.4, 0.5) is 5.69 Å². The van der Waals surface area contributed by atoms with E-state index in [1.807, 2.05) is 6.07 Å². The summed E-state index contributed by atoms with van der Waals surface area (Å²) in [6.45, 7) is 0. The molecule has 1 heterocycles. The number of hydrogen-bond acceptors (Lipinski definition) is 3. The summed E-state index contributed by atoms with van der Waals surface area (Å²) in [4.78, 5) is 35.2. The maximum Gasteiger partial charge on any atom is 0.335 e. The lowest BCUT2D eigenvalue weighted by Gasteiger charge is -2.13. The van der Waals surface area contributed by atoms with Gasteiger partial charge in [0.25, 0.3) is 11.8 Å². The predicted molar refractivity (Wildman–Crippen MR) is 83.4 cm³/mol. The SMILES string of the molecule is O=C1NN(c2ccccc2)C(=O)C1=Cc1ccc(C(=O)O)cc1. The number of carboxylic acids is 1. The van der Waals surface area contributed by atoms with Crippen molar-refractivity contribution in [1.29, 1.82) is 0 Å². The molecule has 0 saturated carbocycles. The normalized spacial score (nSPS) is 15.8. The van der Waals surface area contributed by atoms with Gasteiger partial charge in [0, 0.05) is 0 Å². The molecule has 1 fully saturated rings. The largest absolute Gasteiger partial charge is 0.478 e. The lowest BCUT2D eigenvalue weighted by atomic mass is 10.1. The molecule has 0 aliphatic carbocycles. The molecular weight excluding hydrogens is 296 g/mol. The Morgan fingerprint density at radius 1 is 1.00 bits per heavy atom. The van der Waals surface area contributed by atoms with E-state index in [0.717, 1.165) is 0 Å². The monoisotopic (exact) mass is 308 g/mol. The van der Waals surface area contributed by atoms with Gasteiger partial charge in [-0.05, 0) is 35.9 Å². The van der Waals surface area contributed by atoms with E-state index in [1.165, 1.54) is 23.2 Å². The number of hydrazine groups is 1. The smallest absolute Gasteiger partial charge is 0.335 e. The van der Waals surface area contributed by atoms with Crippen molar-refractivity contribution in [3.05, 3.63) is 71.3 Å². The van der Waals surface area contributed by atoms with Crippen molar-refractivity contribution < 1.29 is 19.5 Å². The number of nitrogens with zero attached hydrogens (tertiary/aromatic N) is 1. The van der Waals surface area contributed by atoms with Gasteiger partial charge in [0.15, 0.2) is 0 Å². The van der Waals surface area contributed by atoms with Gasteiger partial charge in [0.1, 0.15) is 5.57 Å². The van der Waals surface area contributed by atoms with E-state index in [4.69, 9.17) is 5.11 Å². The molecular formula is C17H12N2O4. The lowest BCUT2D eigenvalue weighted by Crippen LogP contribution is -2.35. The molecule has 2 aromatic rings. The van der Waals surface area contributed by atoms with Gasteiger partial charge in [-0.3, -0.25) is 15.0 Å². The van der Waals surface area contributed by atoms with Crippen LogP contribution in [0, 0.1) is 0 Å². The average Bonchev–Trinajstić information content (AvgIpc) is 2.84. The van der Waals surface area contributed by atoms with Crippen molar-refractivity contribution in [2.24, 2.45) is 0 Å². The third-order valence-electron chi connectivity index (χ3n) is 3.37. The summed E-state index contributed by atoms with van der Waals surface area (Å²) in [5.41, 5.74) is 3.78. The zero-order valence-electron chi connectivity index (χ0n) is 11.9. The molecule has 0 aromatic heterocycles. The van der Waals surface area contributed by atoms with Gasteiger partial charge in [0.05, 0.1) is 11.3 Å². The molecule has 6 heteroatoms. The van der Waals surface area contributed by atoms with E-state index in [2.05, 4.69) is 5.43 Å². The Morgan fingerprint density at radius 3 is 2.26 bits per heavy atom. The van der Waals surface area contributed by atoms with Crippen molar-refractivity contribution in [1.82, 2.24) is 5.43 Å². The second-order valence-corrected chi connectivity index (χ2v) is 4.90. The number of carboxylic acid groups (broad SMARTS) is 1. The number of anilines is 1. The highest BCUT2D eigenvalue weighted by Gasteiger charge is 2.34. The van der Waals surface area contributed by atoms with Crippen molar-refractivity contribution in [2.45, 2.75) is 0 Å². The molecule has 1 saturated heterocycles. The summed E-state index contributed by atoms with van der Waals surface area (Å²) >= 11 is 0. The van der Waals surface area contributed by atoms with E-state index in [0.29, 0.717) is 11.3 Å². The van der Waals surface area contributed by atoms with Gasteiger partial charge in [-0.15, -0.1) is 0 Å². The number of aromatic carboxylic acids is 1. The zero-order chi connectivity index (χ0) is 16.4. The fourth-order valence-electron chi connectivity index (χ4n) is 2.20. The fraction of sp³-hybridized carbons (Fsp3) is 0. The first-order valence-corrected chi connectivity index (χ1v) is 6.82. The first kappa shape index (κ1) is 14.5. The van der Waals surface area contributed by atoms with E-state index < -0.39 is 17.8 Å². The van der Waals surface area contributed by atoms with Gasteiger partial charge in [0.2, 0.25) is 0 Å². The number of para-hydroxylation sites is 1. The molecule has 0 unspecified atom stereocenters. The van der Waals surface area contributed by atoms with E-state index >= 15 is 0 Å². The van der Waals surface area contributed by atoms with Crippen LogP contribution in [0.25, 0.3) is 6.08 Å². The van der Waals surface area contributed by atoms with Gasteiger partial charge < -0.3 is 5.11 Å². The van der Waals surface area contributed by atoms with Crippen LogP contribution in [-0.2, 0) is 9.59 Å². The third kappa shape index (κ3) is 2.82. The summed E-state index contributed by atoms with van der Waals surface area (Å²) in [6.07, 6.45) is 1.44. The summed E-state index contributed by atoms with van der Waals surface area (Å²) in [7, 11) is 0. The number of rotatable bonds is 3. The average molecular weight is 308 g/mol. The number of nitrogens with one attached hydrogen (secondary N) is 1. The zero-order valence-corrected chi connectivity index (χ0v) is 11.9. The molecule has 2 N–H and O–H groups in total. The lowest BCUT2D eigenvalue weighted by molar-refractivity contribution is -0.117. The van der Waals surface area contributed by atoms with Gasteiger partial charge in [-0.25, -0.2) is 9.80 Å². The Balaban J connectivity index is 1.89.